The topological polar surface area (TPSA) is 51.1 Å². The Morgan fingerprint density at radius 3 is 2.71 bits per heavy atom. The summed E-state index contributed by atoms with van der Waals surface area (Å²) in [6.45, 7) is 1.10. The molecule has 1 heterocycles. The Bertz CT molecular complexity index is 718. The standard InChI is InChI=1S/C15H11ClINO3/c16-10-5-9(15(19)12(17)6-10)8-18-11-1-2-13-14(7-11)21-4-3-20-13/h1-2,5-8,19H,3-4H2. The van der Waals surface area contributed by atoms with Crippen molar-refractivity contribution < 1.29 is 14.6 Å². The smallest absolute Gasteiger partial charge is 0.163 e. The Kier molecular flexibility index (Phi) is 4.21. The first-order chi connectivity index (χ1) is 10.1. The summed E-state index contributed by atoms with van der Waals surface area (Å²) in [5.41, 5.74) is 1.29. The second-order valence-corrected chi connectivity index (χ2v) is 6.01. The van der Waals surface area contributed by atoms with E-state index in [1.165, 1.54) is 0 Å². The third-order valence-electron chi connectivity index (χ3n) is 2.94. The normalized spacial score (nSPS) is 13.6. The van der Waals surface area contributed by atoms with Gasteiger partial charge in [-0.25, -0.2) is 0 Å². The van der Waals surface area contributed by atoms with Gasteiger partial charge in [-0.3, -0.25) is 4.99 Å². The minimum Gasteiger partial charge on any atom is -0.506 e. The lowest BCUT2D eigenvalue weighted by molar-refractivity contribution is 0.171. The third-order valence-corrected chi connectivity index (χ3v) is 3.98. The third kappa shape index (κ3) is 3.24. The number of aromatic hydroxyl groups is 1. The predicted octanol–water partition coefficient (Wildman–Crippen LogP) is 4.17. The van der Waals surface area contributed by atoms with Crippen molar-refractivity contribution in [2.24, 2.45) is 4.99 Å². The summed E-state index contributed by atoms with van der Waals surface area (Å²) in [6.07, 6.45) is 1.58. The lowest BCUT2D eigenvalue weighted by Crippen LogP contribution is -2.14. The first-order valence-corrected chi connectivity index (χ1v) is 7.71. The summed E-state index contributed by atoms with van der Waals surface area (Å²) in [7, 11) is 0. The molecule has 1 N–H and O–H groups in total. The van der Waals surface area contributed by atoms with Gasteiger partial charge in [0.2, 0.25) is 0 Å². The molecule has 21 heavy (non-hydrogen) atoms. The van der Waals surface area contributed by atoms with Gasteiger partial charge in [0.1, 0.15) is 19.0 Å². The number of hydrogen-bond donors (Lipinski definition) is 1. The van der Waals surface area contributed by atoms with Crippen molar-refractivity contribution in [2.45, 2.75) is 0 Å². The number of ether oxygens (including phenoxy) is 2. The minimum atomic E-state index is 0.168. The first-order valence-electron chi connectivity index (χ1n) is 6.25. The molecule has 0 spiro atoms. The van der Waals surface area contributed by atoms with Crippen LogP contribution in [0.5, 0.6) is 17.2 Å². The van der Waals surface area contributed by atoms with Crippen LogP contribution < -0.4 is 9.47 Å². The van der Waals surface area contributed by atoms with Gasteiger partial charge in [-0.1, -0.05) is 11.6 Å². The van der Waals surface area contributed by atoms with E-state index in [1.54, 1.807) is 24.4 Å². The average molecular weight is 416 g/mol. The van der Waals surface area contributed by atoms with E-state index >= 15 is 0 Å². The summed E-state index contributed by atoms with van der Waals surface area (Å²) in [6, 6.07) is 8.82. The number of hydrogen-bond acceptors (Lipinski definition) is 4. The van der Waals surface area contributed by atoms with Gasteiger partial charge in [0, 0.05) is 22.9 Å². The van der Waals surface area contributed by atoms with Gasteiger partial charge in [0.25, 0.3) is 0 Å². The van der Waals surface area contributed by atoms with Crippen molar-refractivity contribution in [2.75, 3.05) is 13.2 Å². The minimum absolute atomic E-state index is 0.168. The molecule has 3 rings (SSSR count). The molecular formula is C15H11ClINO3. The fourth-order valence-electron chi connectivity index (χ4n) is 1.94. The molecule has 0 unspecified atom stereocenters. The zero-order valence-corrected chi connectivity index (χ0v) is 13.8. The van der Waals surface area contributed by atoms with Crippen LogP contribution in [0.3, 0.4) is 0 Å². The largest absolute Gasteiger partial charge is 0.506 e. The van der Waals surface area contributed by atoms with E-state index < -0.39 is 0 Å². The number of benzene rings is 2. The number of phenols is 1. The van der Waals surface area contributed by atoms with Gasteiger partial charge < -0.3 is 14.6 Å². The van der Waals surface area contributed by atoms with E-state index in [0.29, 0.717) is 38.8 Å². The molecule has 0 atom stereocenters. The Morgan fingerprint density at radius 2 is 1.90 bits per heavy atom. The highest BCUT2D eigenvalue weighted by Gasteiger charge is 2.11. The molecule has 0 bridgehead atoms. The van der Waals surface area contributed by atoms with E-state index in [2.05, 4.69) is 4.99 Å². The molecule has 1 aliphatic rings. The molecule has 108 valence electrons. The van der Waals surface area contributed by atoms with Crippen LogP contribution in [0.2, 0.25) is 5.02 Å². The summed E-state index contributed by atoms with van der Waals surface area (Å²) < 4.78 is 11.6. The molecule has 0 amide bonds. The van der Waals surface area contributed by atoms with Gasteiger partial charge >= 0.3 is 0 Å². The fraction of sp³-hybridized carbons (Fsp3) is 0.133. The van der Waals surface area contributed by atoms with E-state index in [9.17, 15) is 5.11 Å². The molecule has 1 aliphatic heterocycles. The van der Waals surface area contributed by atoms with Crippen LogP contribution in [-0.2, 0) is 0 Å². The maximum Gasteiger partial charge on any atom is 0.163 e. The van der Waals surface area contributed by atoms with Crippen molar-refractivity contribution in [1.29, 1.82) is 0 Å². The number of nitrogens with zero attached hydrogens (tertiary/aromatic N) is 1. The Morgan fingerprint density at radius 1 is 1.14 bits per heavy atom. The molecule has 0 aliphatic carbocycles. The number of phenolic OH excluding ortho intramolecular Hbond substituents is 1. The number of rotatable bonds is 2. The molecule has 4 nitrogen and oxygen atoms in total. The highest BCUT2D eigenvalue weighted by Crippen LogP contribution is 2.34. The number of fused-ring (bicyclic) bond motifs is 1. The van der Waals surface area contributed by atoms with E-state index in [-0.39, 0.29) is 5.75 Å². The van der Waals surface area contributed by atoms with Crippen molar-refractivity contribution in [1.82, 2.24) is 0 Å². The Labute approximate surface area is 140 Å². The molecule has 0 aromatic heterocycles. The Hall–Kier alpha value is -1.47. The molecular weight excluding hydrogens is 405 g/mol. The quantitative estimate of drug-likeness (QED) is 0.592. The van der Waals surface area contributed by atoms with Gasteiger partial charge in [0.05, 0.1) is 9.26 Å². The molecule has 6 heteroatoms. The zero-order valence-electron chi connectivity index (χ0n) is 10.8. The van der Waals surface area contributed by atoms with Crippen LogP contribution in [0.4, 0.5) is 5.69 Å². The molecule has 0 fully saturated rings. The second kappa shape index (κ2) is 6.11. The fourth-order valence-corrected chi connectivity index (χ4v) is 3.00. The predicted molar refractivity (Wildman–Crippen MR) is 90.5 cm³/mol. The van der Waals surface area contributed by atoms with Crippen molar-refractivity contribution >= 4 is 46.1 Å². The molecule has 2 aromatic rings. The van der Waals surface area contributed by atoms with Gasteiger partial charge in [-0.2, -0.15) is 0 Å². The molecule has 0 saturated heterocycles. The average Bonchev–Trinajstić information content (AvgIpc) is 2.49. The number of aliphatic imine (C=N–C) groups is 1. The maximum atomic E-state index is 9.99. The summed E-state index contributed by atoms with van der Waals surface area (Å²) in [5.74, 6) is 1.57. The first kappa shape index (κ1) is 14.5. The van der Waals surface area contributed by atoms with Crippen LogP contribution in [-0.4, -0.2) is 24.5 Å². The van der Waals surface area contributed by atoms with Gasteiger partial charge in [-0.05, 0) is 46.9 Å². The highest BCUT2D eigenvalue weighted by molar-refractivity contribution is 14.1. The van der Waals surface area contributed by atoms with Crippen LogP contribution >= 0.6 is 34.2 Å². The zero-order chi connectivity index (χ0) is 14.8. The van der Waals surface area contributed by atoms with Crippen LogP contribution in [0.25, 0.3) is 0 Å². The van der Waals surface area contributed by atoms with Crippen molar-refractivity contribution in [3.05, 3.63) is 44.5 Å². The van der Waals surface area contributed by atoms with Crippen LogP contribution in [0.15, 0.2) is 35.3 Å². The summed E-state index contributed by atoms with van der Waals surface area (Å²) in [5, 5.41) is 10.5. The van der Waals surface area contributed by atoms with Crippen LogP contribution in [0, 0.1) is 3.57 Å². The van der Waals surface area contributed by atoms with E-state index in [1.807, 2.05) is 34.7 Å². The van der Waals surface area contributed by atoms with Crippen LogP contribution in [0.1, 0.15) is 5.56 Å². The lowest BCUT2D eigenvalue weighted by atomic mass is 10.2. The van der Waals surface area contributed by atoms with Crippen molar-refractivity contribution in [3.8, 4) is 17.2 Å². The summed E-state index contributed by atoms with van der Waals surface area (Å²) in [4.78, 5) is 4.35. The Balaban J connectivity index is 1.89. The monoisotopic (exact) mass is 415 g/mol. The van der Waals surface area contributed by atoms with Gasteiger partial charge in [0.15, 0.2) is 11.5 Å². The lowest BCUT2D eigenvalue weighted by Gasteiger charge is -2.18. The molecule has 2 aromatic carbocycles. The highest BCUT2D eigenvalue weighted by atomic mass is 127. The van der Waals surface area contributed by atoms with E-state index in [4.69, 9.17) is 21.1 Å². The second-order valence-electron chi connectivity index (χ2n) is 4.41. The summed E-state index contributed by atoms with van der Waals surface area (Å²) >= 11 is 8.01. The molecule has 0 saturated carbocycles. The van der Waals surface area contributed by atoms with Crippen molar-refractivity contribution in [3.63, 3.8) is 0 Å². The van der Waals surface area contributed by atoms with E-state index in [0.717, 1.165) is 5.75 Å². The molecule has 0 radical (unpaired) electrons. The maximum absolute atomic E-state index is 9.99. The van der Waals surface area contributed by atoms with Gasteiger partial charge in [-0.15, -0.1) is 0 Å². The number of halogens is 2. The SMILES string of the molecule is Oc1c(I)cc(Cl)cc1C=Nc1ccc2c(c1)OCCO2.